The van der Waals surface area contributed by atoms with E-state index in [9.17, 15) is 13.6 Å². The molecule has 2 N–H and O–H groups in total. The van der Waals surface area contributed by atoms with Crippen LogP contribution >= 0.6 is 15.9 Å². The van der Waals surface area contributed by atoms with Crippen molar-refractivity contribution in [1.29, 1.82) is 0 Å². The lowest BCUT2D eigenvalue weighted by Gasteiger charge is -2.14. The van der Waals surface area contributed by atoms with Crippen molar-refractivity contribution >= 4 is 21.6 Å². The summed E-state index contributed by atoms with van der Waals surface area (Å²) in [5.74, 6) is -2.94. The van der Waals surface area contributed by atoms with Crippen LogP contribution in [0.3, 0.4) is 0 Å². The molecule has 84 valence electrons. The van der Waals surface area contributed by atoms with Crippen molar-refractivity contribution in [2.24, 2.45) is 0 Å². The van der Waals surface area contributed by atoms with Gasteiger partial charge in [0.05, 0.1) is 16.7 Å². The Morgan fingerprint density at radius 2 is 2.13 bits per heavy atom. The fourth-order valence-electron chi connectivity index (χ4n) is 1.15. The van der Waals surface area contributed by atoms with Gasteiger partial charge in [0.1, 0.15) is 0 Å². The van der Waals surface area contributed by atoms with Gasteiger partial charge in [-0.05, 0) is 28.4 Å². The number of nitrogens with two attached hydrogens (primary N) is 1. The Balaban J connectivity index is 3.28. The molecule has 3 nitrogen and oxygen atoms in total. The number of halogens is 3. The second-order valence-electron chi connectivity index (χ2n) is 3.53. The van der Waals surface area contributed by atoms with E-state index in [0.717, 1.165) is 11.5 Å². The molecule has 0 spiro atoms. The zero-order valence-corrected chi connectivity index (χ0v) is 9.94. The van der Waals surface area contributed by atoms with E-state index in [2.05, 4.69) is 15.9 Å². The molecular weight excluding hydrogens is 270 g/mol. The van der Waals surface area contributed by atoms with Crippen molar-refractivity contribution < 1.29 is 8.78 Å². The Bertz CT molecular complexity index is 437. The van der Waals surface area contributed by atoms with Crippen LogP contribution in [0.25, 0.3) is 0 Å². The molecule has 0 bridgehead atoms. The molecular formula is C9H11BrF2N2O. The van der Waals surface area contributed by atoms with Gasteiger partial charge in [0.25, 0.3) is 11.5 Å². The monoisotopic (exact) mass is 280 g/mol. The van der Waals surface area contributed by atoms with Crippen LogP contribution in [-0.4, -0.2) is 10.5 Å². The first-order valence-electron chi connectivity index (χ1n) is 4.25. The van der Waals surface area contributed by atoms with Gasteiger partial charge in [-0.2, -0.15) is 0 Å². The molecule has 0 saturated carbocycles. The minimum atomic E-state index is -2.94. The maximum absolute atomic E-state index is 12.7. The summed E-state index contributed by atoms with van der Waals surface area (Å²) in [5.41, 5.74) is 5.95. The molecule has 0 amide bonds. The van der Waals surface area contributed by atoms with Crippen LogP contribution in [0.4, 0.5) is 14.5 Å². The highest BCUT2D eigenvalue weighted by molar-refractivity contribution is 9.10. The van der Waals surface area contributed by atoms with Crippen molar-refractivity contribution in [3.63, 3.8) is 0 Å². The Kier molecular flexibility index (Phi) is 3.18. The van der Waals surface area contributed by atoms with Gasteiger partial charge < -0.3 is 10.3 Å². The molecule has 1 aromatic rings. The van der Waals surface area contributed by atoms with E-state index in [1.807, 2.05) is 0 Å². The zero-order valence-electron chi connectivity index (χ0n) is 8.35. The normalized spacial score (nSPS) is 11.8. The number of hydrogen-bond acceptors (Lipinski definition) is 2. The smallest absolute Gasteiger partial charge is 0.265 e. The number of aromatic nitrogens is 1. The SMILES string of the molecule is Cc1c(N)cn(CC(C)(F)F)c(=O)c1Br. The summed E-state index contributed by atoms with van der Waals surface area (Å²) >= 11 is 3.03. The number of hydrogen-bond donors (Lipinski definition) is 1. The lowest BCUT2D eigenvalue weighted by Crippen LogP contribution is -2.29. The van der Waals surface area contributed by atoms with E-state index in [1.165, 1.54) is 6.20 Å². The fraction of sp³-hybridized carbons (Fsp3) is 0.444. The molecule has 0 saturated heterocycles. The largest absolute Gasteiger partial charge is 0.397 e. The molecule has 0 aromatic carbocycles. The minimum absolute atomic E-state index is 0.228. The van der Waals surface area contributed by atoms with E-state index >= 15 is 0 Å². The quantitative estimate of drug-likeness (QED) is 0.903. The van der Waals surface area contributed by atoms with Crippen LogP contribution in [0.1, 0.15) is 12.5 Å². The number of nitrogens with zero attached hydrogens (tertiary/aromatic N) is 1. The van der Waals surface area contributed by atoms with Gasteiger partial charge in [-0.3, -0.25) is 4.79 Å². The molecule has 0 unspecified atom stereocenters. The molecule has 1 aromatic heterocycles. The molecule has 15 heavy (non-hydrogen) atoms. The summed E-state index contributed by atoms with van der Waals surface area (Å²) < 4.78 is 26.6. The van der Waals surface area contributed by atoms with Gasteiger partial charge in [0.2, 0.25) is 0 Å². The van der Waals surface area contributed by atoms with Gasteiger partial charge >= 0.3 is 0 Å². The van der Waals surface area contributed by atoms with Crippen molar-refractivity contribution in [2.45, 2.75) is 26.3 Å². The Hall–Kier alpha value is -0.910. The topological polar surface area (TPSA) is 48.0 Å². The lowest BCUT2D eigenvalue weighted by molar-refractivity contribution is 0.00295. The first-order chi connectivity index (χ1) is 6.72. The van der Waals surface area contributed by atoms with E-state index in [1.54, 1.807) is 6.92 Å². The molecule has 0 aliphatic heterocycles. The molecule has 0 fully saturated rings. The standard InChI is InChI=1S/C9H11BrF2N2O/c1-5-6(13)3-14(4-9(2,11)12)8(15)7(5)10/h3H,4,13H2,1-2H3. The van der Waals surface area contributed by atoms with Gasteiger partial charge in [-0.25, -0.2) is 8.78 Å². The van der Waals surface area contributed by atoms with Crippen LogP contribution in [0.2, 0.25) is 0 Å². The third kappa shape index (κ3) is 2.77. The van der Waals surface area contributed by atoms with Crippen molar-refractivity contribution in [3.05, 3.63) is 26.6 Å². The molecule has 0 aliphatic rings. The van der Waals surface area contributed by atoms with Crippen LogP contribution in [0.15, 0.2) is 15.5 Å². The molecule has 1 heterocycles. The third-order valence-corrected chi connectivity index (χ3v) is 2.89. The summed E-state index contributed by atoms with van der Waals surface area (Å²) in [6.07, 6.45) is 1.24. The van der Waals surface area contributed by atoms with Gasteiger partial charge in [-0.15, -0.1) is 0 Å². The predicted octanol–water partition coefficient (Wildman–Crippen LogP) is 2.16. The summed E-state index contributed by atoms with van der Waals surface area (Å²) in [6, 6.07) is 0. The van der Waals surface area contributed by atoms with Crippen molar-refractivity contribution in [1.82, 2.24) is 4.57 Å². The fourth-order valence-corrected chi connectivity index (χ4v) is 1.61. The first kappa shape index (κ1) is 12.2. The van der Waals surface area contributed by atoms with Crippen LogP contribution < -0.4 is 11.3 Å². The summed E-state index contributed by atoms with van der Waals surface area (Å²) in [5, 5.41) is 0. The second-order valence-corrected chi connectivity index (χ2v) is 4.32. The van der Waals surface area contributed by atoms with Gasteiger partial charge in [0.15, 0.2) is 0 Å². The number of anilines is 1. The summed E-state index contributed by atoms with van der Waals surface area (Å²) in [7, 11) is 0. The molecule has 0 aliphatic carbocycles. The average Bonchev–Trinajstić information content (AvgIpc) is 2.08. The van der Waals surface area contributed by atoms with Crippen LogP contribution in [0.5, 0.6) is 0 Å². The van der Waals surface area contributed by atoms with Gasteiger partial charge in [0, 0.05) is 13.1 Å². The van der Waals surface area contributed by atoms with Gasteiger partial charge in [-0.1, -0.05) is 0 Å². The maximum atomic E-state index is 12.7. The highest BCUT2D eigenvalue weighted by atomic mass is 79.9. The Morgan fingerprint density at radius 3 is 2.60 bits per heavy atom. The zero-order chi connectivity index (χ0) is 11.8. The first-order valence-corrected chi connectivity index (χ1v) is 5.04. The third-order valence-electron chi connectivity index (χ3n) is 1.95. The highest BCUT2D eigenvalue weighted by Crippen LogP contribution is 2.19. The van der Waals surface area contributed by atoms with E-state index in [4.69, 9.17) is 5.73 Å². The summed E-state index contributed by atoms with van der Waals surface area (Å²) in [6.45, 7) is 1.73. The highest BCUT2D eigenvalue weighted by Gasteiger charge is 2.23. The summed E-state index contributed by atoms with van der Waals surface area (Å²) in [4.78, 5) is 11.5. The minimum Gasteiger partial charge on any atom is -0.397 e. The van der Waals surface area contributed by atoms with Crippen LogP contribution in [0, 0.1) is 6.92 Å². The van der Waals surface area contributed by atoms with Crippen molar-refractivity contribution in [2.75, 3.05) is 5.73 Å². The molecule has 0 radical (unpaired) electrons. The second kappa shape index (κ2) is 3.92. The molecule has 6 heteroatoms. The number of pyridine rings is 1. The van der Waals surface area contributed by atoms with Crippen molar-refractivity contribution in [3.8, 4) is 0 Å². The Labute approximate surface area is 94.0 Å². The van der Waals surface area contributed by atoms with E-state index < -0.39 is 18.0 Å². The predicted molar refractivity (Wildman–Crippen MR) is 58.2 cm³/mol. The molecule has 0 atom stereocenters. The van der Waals surface area contributed by atoms with E-state index in [-0.39, 0.29) is 4.47 Å². The average molecular weight is 281 g/mol. The number of nitrogen functional groups attached to an aromatic ring is 1. The van der Waals surface area contributed by atoms with Crippen LogP contribution in [-0.2, 0) is 6.54 Å². The van der Waals surface area contributed by atoms with E-state index in [0.29, 0.717) is 11.3 Å². The number of alkyl halides is 2. The maximum Gasteiger partial charge on any atom is 0.265 e. The lowest BCUT2D eigenvalue weighted by atomic mass is 10.2. The molecule has 1 rings (SSSR count). The number of rotatable bonds is 2. The Morgan fingerprint density at radius 1 is 1.60 bits per heavy atom.